The van der Waals surface area contributed by atoms with Gasteiger partial charge >= 0.3 is 0 Å². The Labute approximate surface area is 165 Å². The van der Waals surface area contributed by atoms with E-state index in [4.69, 9.17) is 0 Å². The molecule has 1 atom stereocenters. The van der Waals surface area contributed by atoms with E-state index < -0.39 is 23.8 Å². The smallest absolute Gasteiger partial charge is 0.262 e. The predicted octanol–water partition coefficient (Wildman–Crippen LogP) is 2.92. The van der Waals surface area contributed by atoms with E-state index in [0.29, 0.717) is 23.3 Å². The Balaban J connectivity index is 1.61. The number of aromatic amines is 1. The van der Waals surface area contributed by atoms with E-state index in [1.807, 2.05) is 30.5 Å². The summed E-state index contributed by atoms with van der Waals surface area (Å²) >= 11 is 1.55. The van der Waals surface area contributed by atoms with Crippen LogP contribution >= 0.6 is 11.8 Å². The first-order chi connectivity index (χ1) is 13.6. The molecule has 3 aromatic rings. The fraction of sp³-hybridized carbons (Fsp3) is 0.200. The molecule has 0 bridgehead atoms. The minimum absolute atomic E-state index is 0.289. The topological polar surface area (TPSA) is 95.2 Å². The highest BCUT2D eigenvalue weighted by molar-refractivity contribution is 7.98. The number of amides is 3. The molecule has 0 fully saturated rings. The number of nitrogens with one attached hydrogen (secondary N) is 2. The zero-order chi connectivity index (χ0) is 19.7. The van der Waals surface area contributed by atoms with Crippen LogP contribution in [0.5, 0.6) is 0 Å². The molecule has 28 heavy (non-hydrogen) atoms. The van der Waals surface area contributed by atoms with E-state index in [0.717, 1.165) is 15.9 Å². The maximum absolute atomic E-state index is 13.0. The Kier molecular flexibility index (Phi) is 4.87. The quantitative estimate of drug-likeness (QED) is 0.627. The summed E-state index contributed by atoms with van der Waals surface area (Å²) in [6, 6.07) is 13.1. The lowest BCUT2D eigenvalue weighted by molar-refractivity contribution is -0.120. The lowest BCUT2D eigenvalue weighted by atomic mass is 10.1. The number of carbonyl (C=O) groups is 3. The summed E-state index contributed by atoms with van der Waals surface area (Å²) in [5.41, 5.74) is 2.18. The SMILES string of the molecule is CSCC[C@@H](C(=O)Nc1nc2ccccc2[nH]1)N1C(=O)c2ccccc2C1=O. The third-order valence-corrected chi connectivity index (χ3v) is 5.31. The number of thioether (sulfide) groups is 1. The zero-order valence-corrected chi connectivity index (χ0v) is 16.0. The summed E-state index contributed by atoms with van der Waals surface area (Å²) in [7, 11) is 0. The monoisotopic (exact) mass is 394 g/mol. The van der Waals surface area contributed by atoms with Crippen molar-refractivity contribution in [2.24, 2.45) is 0 Å². The number of benzene rings is 2. The number of carbonyl (C=O) groups excluding carboxylic acids is 3. The van der Waals surface area contributed by atoms with Crippen LogP contribution < -0.4 is 5.32 Å². The van der Waals surface area contributed by atoms with Crippen molar-refractivity contribution >= 4 is 46.5 Å². The van der Waals surface area contributed by atoms with E-state index in [2.05, 4.69) is 15.3 Å². The highest BCUT2D eigenvalue weighted by Crippen LogP contribution is 2.26. The van der Waals surface area contributed by atoms with Gasteiger partial charge in [-0.2, -0.15) is 11.8 Å². The molecule has 8 heteroatoms. The van der Waals surface area contributed by atoms with Gasteiger partial charge in [-0.25, -0.2) is 4.98 Å². The van der Waals surface area contributed by atoms with Crippen LogP contribution in [-0.4, -0.2) is 50.6 Å². The Bertz CT molecular complexity index is 1010. The van der Waals surface area contributed by atoms with E-state index in [1.165, 1.54) is 0 Å². The number of imidazole rings is 1. The van der Waals surface area contributed by atoms with Crippen molar-refractivity contribution < 1.29 is 14.4 Å². The second-order valence-corrected chi connectivity index (χ2v) is 7.40. The second kappa shape index (κ2) is 7.47. The van der Waals surface area contributed by atoms with E-state index >= 15 is 0 Å². The number of nitrogens with zero attached hydrogens (tertiary/aromatic N) is 2. The Morgan fingerprint density at radius 3 is 2.39 bits per heavy atom. The van der Waals surface area contributed by atoms with Gasteiger partial charge in [0.25, 0.3) is 11.8 Å². The summed E-state index contributed by atoms with van der Waals surface area (Å²) in [6.07, 6.45) is 2.27. The molecule has 2 N–H and O–H groups in total. The largest absolute Gasteiger partial charge is 0.324 e. The molecular weight excluding hydrogens is 376 g/mol. The molecule has 2 heterocycles. The minimum atomic E-state index is -0.909. The first-order valence-electron chi connectivity index (χ1n) is 8.81. The maximum atomic E-state index is 13.0. The number of aromatic nitrogens is 2. The minimum Gasteiger partial charge on any atom is -0.324 e. The van der Waals surface area contributed by atoms with Crippen molar-refractivity contribution in [3.63, 3.8) is 0 Å². The standard InChI is InChI=1S/C20H18N4O3S/c1-28-11-10-16(24-18(26)12-6-2-3-7-13(12)19(24)27)17(25)23-20-21-14-8-4-5-9-15(14)22-20/h2-9,16H,10-11H2,1H3,(H2,21,22,23,25)/t16-/m0/s1. The molecule has 0 aliphatic carbocycles. The molecule has 0 saturated carbocycles. The van der Waals surface area contributed by atoms with Gasteiger partial charge in [-0.05, 0) is 42.7 Å². The van der Waals surface area contributed by atoms with Gasteiger partial charge in [0.15, 0.2) is 0 Å². The molecular formula is C20H18N4O3S. The first-order valence-corrected chi connectivity index (χ1v) is 10.2. The highest BCUT2D eigenvalue weighted by atomic mass is 32.2. The van der Waals surface area contributed by atoms with Gasteiger partial charge in [0.1, 0.15) is 6.04 Å². The van der Waals surface area contributed by atoms with Crippen molar-refractivity contribution in [2.75, 3.05) is 17.3 Å². The summed E-state index contributed by atoms with van der Waals surface area (Å²) < 4.78 is 0. The molecule has 4 rings (SSSR count). The van der Waals surface area contributed by atoms with Gasteiger partial charge < -0.3 is 4.98 Å². The Morgan fingerprint density at radius 1 is 1.11 bits per heavy atom. The molecule has 0 spiro atoms. The average Bonchev–Trinajstić information content (AvgIpc) is 3.22. The molecule has 1 aliphatic heterocycles. The van der Waals surface area contributed by atoms with Crippen molar-refractivity contribution in [1.29, 1.82) is 0 Å². The van der Waals surface area contributed by atoms with E-state index in [1.54, 1.807) is 36.0 Å². The number of para-hydroxylation sites is 2. The summed E-state index contributed by atoms with van der Waals surface area (Å²) in [4.78, 5) is 47.0. The van der Waals surface area contributed by atoms with Gasteiger partial charge in [0.2, 0.25) is 11.9 Å². The number of hydrogen-bond donors (Lipinski definition) is 2. The van der Waals surface area contributed by atoms with Crippen molar-refractivity contribution in [3.8, 4) is 0 Å². The van der Waals surface area contributed by atoms with Crippen LogP contribution in [-0.2, 0) is 4.79 Å². The number of hydrogen-bond acceptors (Lipinski definition) is 5. The van der Waals surface area contributed by atoms with E-state index in [9.17, 15) is 14.4 Å². The number of anilines is 1. The number of H-pyrrole nitrogens is 1. The van der Waals surface area contributed by atoms with Gasteiger partial charge in [-0.3, -0.25) is 24.6 Å². The van der Waals surface area contributed by atoms with Crippen molar-refractivity contribution in [3.05, 3.63) is 59.7 Å². The van der Waals surface area contributed by atoms with Crippen LogP contribution in [0.1, 0.15) is 27.1 Å². The molecule has 3 amide bonds. The lowest BCUT2D eigenvalue weighted by Gasteiger charge is -2.24. The molecule has 2 aromatic carbocycles. The summed E-state index contributed by atoms with van der Waals surface area (Å²) in [5, 5.41) is 2.72. The van der Waals surface area contributed by atoms with Gasteiger partial charge in [-0.1, -0.05) is 24.3 Å². The highest BCUT2D eigenvalue weighted by Gasteiger charge is 2.42. The van der Waals surface area contributed by atoms with Gasteiger partial charge in [0.05, 0.1) is 22.2 Å². The maximum Gasteiger partial charge on any atom is 0.262 e. The normalized spacial score (nSPS) is 14.4. The van der Waals surface area contributed by atoms with E-state index in [-0.39, 0.29) is 5.95 Å². The number of rotatable bonds is 6. The molecule has 142 valence electrons. The Morgan fingerprint density at radius 2 is 1.75 bits per heavy atom. The summed E-state index contributed by atoms with van der Waals surface area (Å²) in [5.74, 6) is -0.400. The molecule has 0 saturated heterocycles. The van der Waals surface area contributed by atoms with Crippen LogP contribution in [0.3, 0.4) is 0 Å². The fourth-order valence-electron chi connectivity index (χ4n) is 3.31. The van der Waals surface area contributed by atoms with Crippen LogP contribution in [0.25, 0.3) is 11.0 Å². The van der Waals surface area contributed by atoms with Crippen molar-refractivity contribution in [2.45, 2.75) is 12.5 Å². The zero-order valence-electron chi connectivity index (χ0n) is 15.1. The number of imide groups is 1. The summed E-state index contributed by atoms with van der Waals surface area (Å²) in [6.45, 7) is 0. The van der Waals surface area contributed by atoms with Crippen LogP contribution in [0.4, 0.5) is 5.95 Å². The van der Waals surface area contributed by atoms with Crippen LogP contribution in [0, 0.1) is 0 Å². The molecule has 1 aliphatic rings. The second-order valence-electron chi connectivity index (χ2n) is 6.41. The Hall–Kier alpha value is -3.13. The van der Waals surface area contributed by atoms with Crippen molar-refractivity contribution in [1.82, 2.24) is 14.9 Å². The molecule has 1 aromatic heterocycles. The number of fused-ring (bicyclic) bond motifs is 2. The average molecular weight is 394 g/mol. The first kappa shape index (κ1) is 18.2. The lowest BCUT2D eigenvalue weighted by Crippen LogP contribution is -2.47. The molecule has 7 nitrogen and oxygen atoms in total. The van der Waals surface area contributed by atoms with Crippen LogP contribution in [0.2, 0.25) is 0 Å². The third-order valence-electron chi connectivity index (χ3n) is 4.67. The van der Waals surface area contributed by atoms with Crippen LogP contribution in [0.15, 0.2) is 48.5 Å². The fourth-order valence-corrected chi connectivity index (χ4v) is 3.77. The third kappa shape index (κ3) is 3.16. The predicted molar refractivity (Wildman–Crippen MR) is 108 cm³/mol. The van der Waals surface area contributed by atoms with Gasteiger partial charge in [-0.15, -0.1) is 0 Å². The molecule has 0 unspecified atom stereocenters. The van der Waals surface area contributed by atoms with Gasteiger partial charge in [0, 0.05) is 0 Å². The molecule has 0 radical (unpaired) electrons.